The first kappa shape index (κ1) is 17.1. The Bertz CT molecular complexity index is 780. The van der Waals surface area contributed by atoms with E-state index in [-0.39, 0.29) is 28.7 Å². The number of sulfonamides is 1. The first-order valence-electron chi connectivity index (χ1n) is 6.73. The Morgan fingerprint density at radius 3 is 2.48 bits per heavy atom. The molecule has 7 nitrogen and oxygen atoms in total. The average Bonchev–Trinajstić information content (AvgIpc) is 2.84. The van der Waals surface area contributed by atoms with Crippen molar-refractivity contribution in [1.29, 1.82) is 0 Å². The summed E-state index contributed by atoms with van der Waals surface area (Å²) in [5, 5.41) is 6.11. The molecule has 2 N–H and O–H groups in total. The molecule has 0 unspecified atom stereocenters. The van der Waals surface area contributed by atoms with E-state index in [1.54, 1.807) is 0 Å². The first-order chi connectivity index (χ1) is 10.8. The molecular weight excluding hydrogens is 325 g/mol. The Labute approximate surface area is 132 Å². The van der Waals surface area contributed by atoms with Gasteiger partial charge in [-0.15, -0.1) is 0 Å². The van der Waals surface area contributed by atoms with Crippen LogP contribution in [-0.4, -0.2) is 26.0 Å². The minimum atomic E-state index is -3.88. The van der Waals surface area contributed by atoms with Gasteiger partial charge in [-0.3, -0.25) is 4.79 Å². The summed E-state index contributed by atoms with van der Waals surface area (Å²) in [7, 11) is -3.88. The normalized spacial score (nSPS) is 11.4. The molecule has 23 heavy (non-hydrogen) atoms. The van der Waals surface area contributed by atoms with Crippen LogP contribution >= 0.6 is 0 Å². The number of aromatic nitrogens is 1. The van der Waals surface area contributed by atoms with E-state index in [4.69, 9.17) is 4.52 Å². The third kappa shape index (κ3) is 4.36. The monoisotopic (exact) mass is 341 g/mol. The van der Waals surface area contributed by atoms with E-state index in [1.165, 1.54) is 38.1 Å². The van der Waals surface area contributed by atoms with Gasteiger partial charge in [-0.2, -0.15) is 0 Å². The maximum atomic E-state index is 12.8. The molecule has 0 bridgehead atoms. The van der Waals surface area contributed by atoms with E-state index in [9.17, 15) is 17.6 Å². The summed E-state index contributed by atoms with van der Waals surface area (Å²) < 4.78 is 44.0. The second-order valence-electron chi connectivity index (χ2n) is 4.88. The SMILES string of the molecule is Cc1noc(C)c1S(=O)(=O)NCC(=O)NCc1ccc(F)cc1. The van der Waals surface area contributed by atoms with Crippen LogP contribution in [0.3, 0.4) is 0 Å². The van der Waals surface area contributed by atoms with E-state index in [0.717, 1.165) is 0 Å². The van der Waals surface area contributed by atoms with Gasteiger partial charge in [0.15, 0.2) is 5.76 Å². The molecule has 0 saturated carbocycles. The largest absolute Gasteiger partial charge is 0.360 e. The van der Waals surface area contributed by atoms with Crippen LogP contribution in [0.1, 0.15) is 17.0 Å². The van der Waals surface area contributed by atoms with E-state index in [0.29, 0.717) is 5.56 Å². The van der Waals surface area contributed by atoms with Gasteiger partial charge in [0, 0.05) is 6.54 Å². The number of hydrogen-bond donors (Lipinski definition) is 2. The minimum Gasteiger partial charge on any atom is -0.360 e. The van der Waals surface area contributed by atoms with E-state index in [1.807, 2.05) is 0 Å². The smallest absolute Gasteiger partial charge is 0.246 e. The Morgan fingerprint density at radius 1 is 1.26 bits per heavy atom. The van der Waals surface area contributed by atoms with Gasteiger partial charge in [0.25, 0.3) is 0 Å². The maximum Gasteiger partial charge on any atom is 0.246 e. The zero-order chi connectivity index (χ0) is 17.0. The van der Waals surface area contributed by atoms with Crippen LogP contribution in [0.5, 0.6) is 0 Å². The fourth-order valence-electron chi connectivity index (χ4n) is 1.96. The summed E-state index contributed by atoms with van der Waals surface area (Å²) in [6, 6.07) is 5.62. The molecule has 1 aromatic heterocycles. The van der Waals surface area contributed by atoms with Crippen molar-refractivity contribution in [2.45, 2.75) is 25.3 Å². The summed E-state index contributed by atoms with van der Waals surface area (Å²) in [4.78, 5) is 11.7. The van der Waals surface area contributed by atoms with Crippen molar-refractivity contribution >= 4 is 15.9 Å². The zero-order valence-electron chi connectivity index (χ0n) is 12.6. The molecule has 9 heteroatoms. The Balaban J connectivity index is 1.90. The topological polar surface area (TPSA) is 101 Å². The summed E-state index contributed by atoms with van der Waals surface area (Å²) >= 11 is 0. The summed E-state index contributed by atoms with van der Waals surface area (Å²) in [5.74, 6) is -0.723. The molecule has 124 valence electrons. The van der Waals surface area contributed by atoms with Crippen molar-refractivity contribution in [3.05, 3.63) is 47.1 Å². The fraction of sp³-hybridized carbons (Fsp3) is 0.286. The van der Waals surface area contributed by atoms with Gasteiger partial charge in [-0.05, 0) is 31.5 Å². The fourth-order valence-corrected chi connectivity index (χ4v) is 3.26. The van der Waals surface area contributed by atoms with Crippen molar-refractivity contribution in [2.75, 3.05) is 6.54 Å². The molecule has 0 aliphatic carbocycles. The Hall–Kier alpha value is -2.26. The lowest BCUT2D eigenvalue weighted by Crippen LogP contribution is -2.36. The van der Waals surface area contributed by atoms with Gasteiger partial charge in [0.2, 0.25) is 15.9 Å². The highest BCUT2D eigenvalue weighted by molar-refractivity contribution is 7.89. The van der Waals surface area contributed by atoms with Crippen LogP contribution < -0.4 is 10.0 Å². The summed E-state index contributed by atoms with van der Waals surface area (Å²) in [6.45, 7) is 2.72. The summed E-state index contributed by atoms with van der Waals surface area (Å²) in [5.41, 5.74) is 0.926. The highest BCUT2D eigenvalue weighted by atomic mass is 32.2. The van der Waals surface area contributed by atoms with Crippen molar-refractivity contribution in [3.8, 4) is 0 Å². The van der Waals surface area contributed by atoms with Gasteiger partial charge >= 0.3 is 0 Å². The highest BCUT2D eigenvalue weighted by Crippen LogP contribution is 2.18. The quantitative estimate of drug-likeness (QED) is 0.817. The number of carbonyl (C=O) groups excluding carboxylic acids is 1. The predicted octanol–water partition coefficient (Wildman–Crippen LogP) is 1.03. The van der Waals surface area contributed by atoms with Gasteiger partial charge in [-0.1, -0.05) is 17.3 Å². The number of carbonyl (C=O) groups is 1. The second-order valence-corrected chi connectivity index (χ2v) is 6.58. The van der Waals surface area contributed by atoms with Crippen LogP contribution in [0.2, 0.25) is 0 Å². The van der Waals surface area contributed by atoms with Gasteiger partial charge in [0.05, 0.1) is 6.54 Å². The highest BCUT2D eigenvalue weighted by Gasteiger charge is 2.24. The number of nitrogens with one attached hydrogen (secondary N) is 2. The second kappa shape index (κ2) is 6.88. The number of nitrogens with zero attached hydrogens (tertiary/aromatic N) is 1. The first-order valence-corrected chi connectivity index (χ1v) is 8.21. The molecule has 1 amide bonds. The molecule has 0 saturated heterocycles. The molecule has 0 atom stereocenters. The molecule has 2 rings (SSSR count). The van der Waals surface area contributed by atoms with Crippen molar-refractivity contribution in [3.63, 3.8) is 0 Å². The lowest BCUT2D eigenvalue weighted by atomic mass is 10.2. The van der Waals surface area contributed by atoms with Gasteiger partial charge < -0.3 is 9.84 Å². The predicted molar refractivity (Wildman–Crippen MR) is 79.4 cm³/mol. The Morgan fingerprint density at radius 2 is 1.91 bits per heavy atom. The van der Waals surface area contributed by atoms with Gasteiger partial charge in [-0.25, -0.2) is 17.5 Å². The standard InChI is InChI=1S/C14H16FN3O4S/c1-9-14(10(2)22-18-9)23(20,21)17-8-13(19)16-7-11-3-5-12(15)6-4-11/h3-6,17H,7-8H2,1-2H3,(H,16,19). The van der Waals surface area contributed by atoms with E-state index < -0.39 is 22.5 Å². The number of rotatable bonds is 6. The average molecular weight is 341 g/mol. The maximum absolute atomic E-state index is 12.8. The minimum absolute atomic E-state index is 0.0659. The third-order valence-electron chi connectivity index (χ3n) is 3.06. The van der Waals surface area contributed by atoms with E-state index in [2.05, 4.69) is 15.2 Å². The van der Waals surface area contributed by atoms with Crippen LogP contribution in [0.4, 0.5) is 4.39 Å². The number of amides is 1. The molecule has 0 aliphatic heterocycles. The van der Waals surface area contributed by atoms with Crippen LogP contribution in [0.15, 0.2) is 33.7 Å². The molecule has 1 heterocycles. The third-order valence-corrected chi connectivity index (χ3v) is 4.71. The van der Waals surface area contributed by atoms with E-state index >= 15 is 0 Å². The van der Waals surface area contributed by atoms with Crippen molar-refractivity contribution in [2.24, 2.45) is 0 Å². The molecule has 0 fully saturated rings. The number of hydrogen-bond acceptors (Lipinski definition) is 5. The molecule has 0 spiro atoms. The molecule has 2 aromatic rings. The molecular formula is C14H16FN3O4S. The molecule has 0 radical (unpaired) electrons. The van der Waals surface area contributed by atoms with Crippen LogP contribution in [0.25, 0.3) is 0 Å². The van der Waals surface area contributed by atoms with Crippen LogP contribution in [0, 0.1) is 19.7 Å². The number of benzene rings is 1. The summed E-state index contributed by atoms with van der Waals surface area (Å²) in [6.07, 6.45) is 0. The van der Waals surface area contributed by atoms with Gasteiger partial charge in [0.1, 0.15) is 16.4 Å². The van der Waals surface area contributed by atoms with Crippen molar-refractivity contribution in [1.82, 2.24) is 15.2 Å². The zero-order valence-corrected chi connectivity index (χ0v) is 13.4. The van der Waals surface area contributed by atoms with Crippen molar-refractivity contribution < 1.29 is 22.1 Å². The number of halogens is 1. The molecule has 1 aromatic carbocycles. The number of aryl methyl sites for hydroxylation is 2. The molecule has 0 aliphatic rings. The Kier molecular flexibility index (Phi) is 5.12. The van der Waals surface area contributed by atoms with Crippen LogP contribution in [-0.2, 0) is 21.4 Å². The lowest BCUT2D eigenvalue weighted by molar-refractivity contribution is -0.120. The lowest BCUT2D eigenvalue weighted by Gasteiger charge is -2.07.